The fourth-order valence-electron chi connectivity index (χ4n) is 0.490. The fraction of sp³-hybridized carbons (Fsp3) is 0.750. The average molecular weight is 243 g/mol. The lowest BCUT2D eigenvalue weighted by atomic mass is 10.4. The summed E-state index contributed by atoms with van der Waals surface area (Å²) >= 11 is 3.62. The van der Waals surface area contributed by atoms with Crippen LogP contribution in [0.1, 0.15) is 6.92 Å². The molecule has 0 radical (unpaired) electrons. The predicted molar refractivity (Wildman–Crippen MR) is 43.4 cm³/mol. The highest BCUT2D eigenvalue weighted by molar-refractivity contribution is 14.1. The lowest BCUT2D eigenvalue weighted by Crippen LogP contribution is -2.24. The van der Waals surface area contributed by atoms with Crippen LogP contribution in [0.25, 0.3) is 0 Å². The Kier molecular flexibility index (Phi) is 2.02. The van der Waals surface area contributed by atoms with Crippen LogP contribution >= 0.6 is 34.4 Å². The van der Waals surface area contributed by atoms with Gasteiger partial charge in [-0.15, -0.1) is 0 Å². The lowest BCUT2D eigenvalue weighted by molar-refractivity contribution is 0.260. The van der Waals surface area contributed by atoms with Crippen molar-refractivity contribution in [2.75, 3.05) is 0 Å². The second-order valence-electron chi connectivity index (χ2n) is 1.69. The van der Waals surface area contributed by atoms with E-state index in [1.54, 1.807) is 0 Å². The summed E-state index contributed by atoms with van der Waals surface area (Å²) in [6.07, 6.45) is 0. The monoisotopic (exact) mass is 243 g/mol. The number of hydrogen-bond donors (Lipinski definition) is 1. The summed E-state index contributed by atoms with van der Waals surface area (Å²) in [5.41, 5.74) is 0. The van der Waals surface area contributed by atoms with Crippen molar-refractivity contribution in [3.63, 3.8) is 0 Å². The van der Waals surface area contributed by atoms with E-state index in [0.717, 1.165) is 0 Å². The summed E-state index contributed by atoms with van der Waals surface area (Å²) in [5.74, 6) is 0. The van der Waals surface area contributed by atoms with E-state index in [2.05, 4.69) is 27.9 Å². The standard InChI is InChI=1S/C4H6INOS/c1-2-3(5)8-4(7)6-2/h2-3H,1H3,(H,6,7). The molecule has 2 unspecified atom stereocenters. The van der Waals surface area contributed by atoms with E-state index in [0.29, 0.717) is 9.30 Å². The van der Waals surface area contributed by atoms with E-state index in [4.69, 9.17) is 0 Å². The van der Waals surface area contributed by atoms with Crippen molar-refractivity contribution >= 4 is 39.6 Å². The minimum Gasteiger partial charge on any atom is -0.343 e. The predicted octanol–water partition coefficient (Wildman–Crippen LogP) is 1.59. The van der Waals surface area contributed by atoms with E-state index in [9.17, 15) is 4.79 Å². The van der Waals surface area contributed by atoms with Crippen LogP contribution < -0.4 is 5.32 Å². The molecule has 1 N–H and O–H groups in total. The SMILES string of the molecule is CC1NC(=O)SC1I. The van der Waals surface area contributed by atoms with Crippen molar-refractivity contribution in [2.45, 2.75) is 16.2 Å². The molecule has 46 valence electrons. The highest BCUT2D eigenvalue weighted by atomic mass is 127. The van der Waals surface area contributed by atoms with Crippen molar-refractivity contribution in [3.05, 3.63) is 0 Å². The van der Waals surface area contributed by atoms with Gasteiger partial charge in [0.05, 0.1) is 3.26 Å². The summed E-state index contributed by atoms with van der Waals surface area (Å²) < 4.78 is 0.417. The summed E-state index contributed by atoms with van der Waals surface area (Å²) in [4.78, 5) is 10.5. The first-order valence-electron chi connectivity index (χ1n) is 2.31. The minimum absolute atomic E-state index is 0.108. The van der Waals surface area contributed by atoms with Crippen LogP contribution in [0, 0.1) is 0 Å². The summed E-state index contributed by atoms with van der Waals surface area (Å²) in [5, 5.41) is 2.89. The number of rotatable bonds is 0. The van der Waals surface area contributed by atoms with Crippen LogP contribution in [-0.2, 0) is 0 Å². The minimum atomic E-state index is 0.108. The van der Waals surface area contributed by atoms with Gasteiger partial charge in [0, 0.05) is 6.04 Å². The number of amides is 1. The van der Waals surface area contributed by atoms with Gasteiger partial charge in [-0.3, -0.25) is 4.79 Å². The Labute approximate surface area is 65.9 Å². The van der Waals surface area contributed by atoms with Gasteiger partial charge in [0.1, 0.15) is 0 Å². The fourth-order valence-corrected chi connectivity index (χ4v) is 2.09. The Hall–Kier alpha value is 0.550. The van der Waals surface area contributed by atoms with Crippen LogP contribution in [-0.4, -0.2) is 14.5 Å². The van der Waals surface area contributed by atoms with Gasteiger partial charge in [0.15, 0.2) is 0 Å². The molecule has 8 heavy (non-hydrogen) atoms. The van der Waals surface area contributed by atoms with Gasteiger partial charge in [0.25, 0.3) is 5.24 Å². The molecule has 0 spiro atoms. The van der Waals surface area contributed by atoms with E-state index in [1.807, 2.05) is 6.92 Å². The molecule has 1 amide bonds. The molecule has 4 heteroatoms. The van der Waals surface area contributed by atoms with Crippen LogP contribution in [0.4, 0.5) is 4.79 Å². The largest absolute Gasteiger partial charge is 0.343 e. The highest BCUT2D eigenvalue weighted by Crippen LogP contribution is 2.27. The third-order valence-electron chi connectivity index (χ3n) is 0.958. The summed E-state index contributed by atoms with van der Waals surface area (Å²) in [6, 6.07) is 0.341. The van der Waals surface area contributed by atoms with Crippen molar-refractivity contribution in [1.82, 2.24) is 5.32 Å². The van der Waals surface area contributed by atoms with Gasteiger partial charge in [-0.25, -0.2) is 0 Å². The number of carbonyl (C=O) groups excluding carboxylic acids is 1. The number of nitrogens with one attached hydrogen (secondary N) is 1. The van der Waals surface area contributed by atoms with Crippen LogP contribution in [0.5, 0.6) is 0 Å². The van der Waals surface area contributed by atoms with Crippen molar-refractivity contribution in [3.8, 4) is 0 Å². The molecular formula is C4H6INOS. The molecule has 1 aliphatic rings. The molecule has 0 aromatic rings. The first-order valence-corrected chi connectivity index (χ1v) is 4.44. The number of carbonyl (C=O) groups is 1. The quantitative estimate of drug-likeness (QED) is 0.517. The average Bonchev–Trinajstić information content (AvgIpc) is 1.85. The molecule has 0 aromatic carbocycles. The molecule has 0 bridgehead atoms. The van der Waals surface area contributed by atoms with Crippen LogP contribution in [0.2, 0.25) is 0 Å². The van der Waals surface area contributed by atoms with Gasteiger partial charge in [0.2, 0.25) is 0 Å². The molecule has 0 aliphatic carbocycles. The maximum atomic E-state index is 10.5. The molecule has 1 fully saturated rings. The number of hydrogen-bond acceptors (Lipinski definition) is 2. The Morgan fingerprint density at radius 3 is 2.62 bits per heavy atom. The normalized spacial score (nSPS) is 37.5. The topological polar surface area (TPSA) is 29.1 Å². The number of thioether (sulfide) groups is 1. The van der Waals surface area contributed by atoms with E-state index < -0.39 is 0 Å². The number of halogens is 1. The van der Waals surface area contributed by atoms with Crippen LogP contribution in [0.3, 0.4) is 0 Å². The zero-order chi connectivity index (χ0) is 6.15. The zero-order valence-corrected chi connectivity index (χ0v) is 7.32. The van der Waals surface area contributed by atoms with Gasteiger partial charge in [-0.1, -0.05) is 22.6 Å². The summed E-state index contributed by atoms with van der Waals surface area (Å²) in [7, 11) is 0. The van der Waals surface area contributed by atoms with E-state index >= 15 is 0 Å². The van der Waals surface area contributed by atoms with Gasteiger partial charge < -0.3 is 5.32 Å². The highest BCUT2D eigenvalue weighted by Gasteiger charge is 2.26. The maximum Gasteiger partial charge on any atom is 0.280 e. The van der Waals surface area contributed by atoms with Crippen molar-refractivity contribution in [1.29, 1.82) is 0 Å². The Morgan fingerprint density at radius 2 is 2.50 bits per heavy atom. The molecular weight excluding hydrogens is 237 g/mol. The molecule has 0 saturated carbocycles. The van der Waals surface area contributed by atoms with Crippen molar-refractivity contribution < 1.29 is 4.79 Å². The first-order chi connectivity index (χ1) is 3.70. The van der Waals surface area contributed by atoms with Gasteiger partial charge in [-0.2, -0.15) is 0 Å². The smallest absolute Gasteiger partial charge is 0.280 e. The third-order valence-corrected chi connectivity index (χ3v) is 3.77. The first kappa shape index (κ1) is 6.67. The molecule has 1 aliphatic heterocycles. The zero-order valence-electron chi connectivity index (χ0n) is 4.35. The van der Waals surface area contributed by atoms with Gasteiger partial charge in [-0.05, 0) is 18.7 Å². The molecule has 0 aromatic heterocycles. The van der Waals surface area contributed by atoms with E-state index in [1.165, 1.54) is 11.8 Å². The second kappa shape index (κ2) is 2.43. The Balaban J connectivity index is 2.51. The van der Waals surface area contributed by atoms with Crippen LogP contribution in [0.15, 0.2) is 0 Å². The maximum absolute atomic E-state index is 10.5. The Bertz CT molecular complexity index is 107. The molecule has 2 nitrogen and oxygen atoms in total. The molecule has 1 saturated heterocycles. The third kappa shape index (κ3) is 1.28. The second-order valence-corrected chi connectivity index (χ2v) is 4.99. The Morgan fingerprint density at radius 1 is 1.88 bits per heavy atom. The van der Waals surface area contributed by atoms with Crippen molar-refractivity contribution in [2.24, 2.45) is 0 Å². The summed E-state index contributed by atoms with van der Waals surface area (Å²) in [6.45, 7) is 2.01. The molecule has 1 rings (SSSR count). The molecule has 2 atom stereocenters. The number of alkyl halides is 1. The lowest BCUT2D eigenvalue weighted by Gasteiger charge is -2.01. The molecule has 1 heterocycles. The van der Waals surface area contributed by atoms with Gasteiger partial charge >= 0.3 is 0 Å². The van der Waals surface area contributed by atoms with E-state index in [-0.39, 0.29) is 5.24 Å².